The summed E-state index contributed by atoms with van der Waals surface area (Å²) in [4.78, 5) is 0. The Labute approximate surface area is 144 Å². The molecule has 0 N–H and O–H groups in total. The maximum Gasteiger partial charge on any atom is -0.000728 e. The van der Waals surface area contributed by atoms with Gasteiger partial charge in [-0.1, -0.05) is 79.7 Å². The summed E-state index contributed by atoms with van der Waals surface area (Å²) >= 11 is 0. The van der Waals surface area contributed by atoms with E-state index < -0.39 is 0 Å². The molecule has 0 atom stereocenters. The zero-order valence-corrected chi connectivity index (χ0v) is 14.3. The predicted molar refractivity (Wildman–Crippen MR) is 103 cm³/mol. The van der Waals surface area contributed by atoms with Crippen LogP contribution in [0.5, 0.6) is 0 Å². The van der Waals surface area contributed by atoms with Crippen LogP contribution in [0.1, 0.15) is 41.7 Å². The first-order chi connectivity index (χ1) is 11.8. The van der Waals surface area contributed by atoms with Gasteiger partial charge in [-0.15, -0.1) is 0 Å². The highest BCUT2D eigenvalue weighted by Crippen LogP contribution is 2.41. The van der Waals surface area contributed by atoms with Crippen LogP contribution in [0, 0.1) is 0 Å². The van der Waals surface area contributed by atoms with Gasteiger partial charge in [0.05, 0.1) is 0 Å². The van der Waals surface area contributed by atoms with Gasteiger partial charge in [-0.2, -0.15) is 0 Å². The van der Waals surface area contributed by atoms with Crippen molar-refractivity contribution in [1.29, 1.82) is 0 Å². The monoisotopic (exact) mass is 310 g/mol. The van der Waals surface area contributed by atoms with Crippen LogP contribution in [0.2, 0.25) is 0 Å². The summed E-state index contributed by atoms with van der Waals surface area (Å²) in [6.07, 6.45) is 4.36. The van der Waals surface area contributed by atoms with Gasteiger partial charge < -0.3 is 0 Å². The van der Waals surface area contributed by atoms with Gasteiger partial charge >= 0.3 is 0 Å². The molecule has 3 aromatic carbocycles. The third kappa shape index (κ3) is 2.30. The van der Waals surface area contributed by atoms with E-state index in [4.69, 9.17) is 0 Å². The minimum atomic E-state index is 1.04. The maximum absolute atomic E-state index is 2.28. The lowest BCUT2D eigenvalue weighted by Gasteiger charge is -2.16. The second kappa shape index (κ2) is 6.13. The first-order valence-corrected chi connectivity index (χ1v) is 8.78. The van der Waals surface area contributed by atoms with E-state index in [-0.39, 0.29) is 0 Å². The Bertz CT molecular complexity index is 928. The van der Waals surface area contributed by atoms with Gasteiger partial charge in [0.1, 0.15) is 0 Å². The second-order valence-electron chi connectivity index (χ2n) is 6.38. The van der Waals surface area contributed by atoms with Crippen molar-refractivity contribution in [2.75, 3.05) is 0 Å². The van der Waals surface area contributed by atoms with E-state index in [1.54, 1.807) is 0 Å². The molecule has 0 fully saturated rings. The van der Waals surface area contributed by atoms with E-state index in [0.717, 1.165) is 12.8 Å². The molecule has 24 heavy (non-hydrogen) atoms. The molecule has 0 heteroatoms. The number of aryl methyl sites for hydroxylation is 1. The molecule has 1 aliphatic rings. The van der Waals surface area contributed by atoms with Crippen molar-refractivity contribution < 1.29 is 0 Å². The van der Waals surface area contributed by atoms with Gasteiger partial charge in [-0.25, -0.2) is 0 Å². The number of allylic oxidation sites excluding steroid dienone is 1. The average Bonchev–Trinajstić information content (AvgIpc) is 3.02. The molecule has 0 bridgehead atoms. The summed E-state index contributed by atoms with van der Waals surface area (Å²) in [6.45, 7) is 4.39. The van der Waals surface area contributed by atoms with Crippen molar-refractivity contribution in [3.05, 3.63) is 101 Å². The maximum atomic E-state index is 2.28. The lowest BCUT2D eigenvalue weighted by Crippen LogP contribution is -1.97. The fraction of sp³-hybridized carbons (Fsp3) is 0.167. The lowest BCUT2D eigenvalue weighted by atomic mass is 9.88. The summed E-state index contributed by atoms with van der Waals surface area (Å²) in [5, 5.41) is 0. The number of hydrogen-bond donors (Lipinski definition) is 0. The van der Waals surface area contributed by atoms with E-state index in [9.17, 15) is 0 Å². The lowest BCUT2D eigenvalue weighted by molar-refractivity contribution is 1.13. The number of benzene rings is 3. The molecule has 0 nitrogen and oxygen atoms in total. The molecule has 0 heterocycles. The highest BCUT2D eigenvalue weighted by molar-refractivity contribution is 5.89. The Kier molecular flexibility index (Phi) is 3.82. The van der Waals surface area contributed by atoms with Gasteiger partial charge in [0.25, 0.3) is 0 Å². The van der Waals surface area contributed by atoms with E-state index in [0.29, 0.717) is 0 Å². The summed E-state index contributed by atoms with van der Waals surface area (Å²) in [5.41, 5.74) is 11.2. The molecule has 118 valence electrons. The summed E-state index contributed by atoms with van der Waals surface area (Å²) < 4.78 is 0. The van der Waals surface area contributed by atoms with Crippen molar-refractivity contribution >= 4 is 5.57 Å². The third-order valence-electron chi connectivity index (χ3n) is 5.12. The van der Waals surface area contributed by atoms with Gasteiger partial charge in [0, 0.05) is 0 Å². The van der Waals surface area contributed by atoms with Crippen LogP contribution in [0.4, 0.5) is 0 Å². The van der Waals surface area contributed by atoms with Crippen molar-refractivity contribution in [3.8, 4) is 11.1 Å². The average molecular weight is 310 g/mol. The van der Waals surface area contributed by atoms with Crippen molar-refractivity contribution in [1.82, 2.24) is 0 Å². The minimum absolute atomic E-state index is 1.04. The Balaban J connectivity index is 1.89. The highest BCUT2D eigenvalue weighted by Gasteiger charge is 2.22. The molecule has 0 amide bonds. The van der Waals surface area contributed by atoms with Crippen LogP contribution in [0.25, 0.3) is 16.7 Å². The zero-order chi connectivity index (χ0) is 16.5. The predicted octanol–water partition coefficient (Wildman–Crippen LogP) is 6.27. The molecule has 0 radical (unpaired) electrons. The number of fused-ring (bicyclic) bond motifs is 3. The highest BCUT2D eigenvalue weighted by atomic mass is 14.3. The normalized spacial score (nSPS) is 12.8. The third-order valence-corrected chi connectivity index (χ3v) is 5.12. The topological polar surface area (TPSA) is 0 Å². The van der Waals surface area contributed by atoms with Crippen LogP contribution in [-0.4, -0.2) is 0 Å². The molecule has 0 aliphatic heterocycles. The molecule has 3 aromatic rings. The van der Waals surface area contributed by atoms with Crippen LogP contribution in [0.15, 0.2) is 72.8 Å². The fourth-order valence-corrected chi connectivity index (χ4v) is 3.96. The molecule has 0 saturated carbocycles. The molecule has 0 unspecified atom stereocenters. The second-order valence-corrected chi connectivity index (χ2v) is 6.38. The molecule has 4 rings (SSSR count). The molecular weight excluding hydrogens is 288 g/mol. The van der Waals surface area contributed by atoms with E-state index in [1.807, 2.05) is 0 Å². The largest absolute Gasteiger partial charge is 0.0792 e. The SMILES string of the molecule is C/C=C(\c1ccccc1CC)c1cccc2c1Cc1ccccc1-2. The quantitative estimate of drug-likeness (QED) is 0.418. The number of hydrogen-bond acceptors (Lipinski definition) is 0. The number of rotatable bonds is 3. The first kappa shape index (κ1) is 15.0. The first-order valence-electron chi connectivity index (χ1n) is 8.78. The van der Waals surface area contributed by atoms with Crippen LogP contribution < -0.4 is 0 Å². The molecule has 0 saturated heterocycles. The summed E-state index contributed by atoms with van der Waals surface area (Å²) in [5.74, 6) is 0. The standard InChI is InChI=1S/C24H22/c1-3-17-10-5-7-12-20(17)19(4-2)22-14-9-15-23-21-13-8-6-11-18(21)16-24(22)23/h4-15H,3,16H2,1-2H3/b19-4+. The van der Waals surface area contributed by atoms with Gasteiger partial charge in [-0.3, -0.25) is 0 Å². The van der Waals surface area contributed by atoms with Gasteiger partial charge in [0.2, 0.25) is 0 Å². The van der Waals surface area contributed by atoms with Gasteiger partial charge in [-0.05, 0) is 64.3 Å². The fourth-order valence-electron chi connectivity index (χ4n) is 3.96. The van der Waals surface area contributed by atoms with Crippen molar-refractivity contribution in [3.63, 3.8) is 0 Å². The van der Waals surface area contributed by atoms with Gasteiger partial charge in [0.15, 0.2) is 0 Å². The minimum Gasteiger partial charge on any atom is -0.0792 e. The van der Waals surface area contributed by atoms with E-state index in [1.165, 1.54) is 44.5 Å². The summed E-state index contributed by atoms with van der Waals surface area (Å²) in [6, 6.07) is 24.3. The molecular formula is C24H22. The van der Waals surface area contributed by atoms with Crippen LogP contribution in [0.3, 0.4) is 0 Å². The van der Waals surface area contributed by atoms with Crippen LogP contribution >= 0.6 is 0 Å². The Hall–Kier alpha value is -2.60. The van der Waals surface area contributed by atoms with Crippen molar-refractivity contribution in [2.24, 2.45) is 0 Å². The zero-order valence-electron chi connectivity index (χ0n) is 14.3. The van der Waals surface area contributed by atoms with Crippen molar-refractivity contribution in [2.45, 2.75) is 26.7 Å². The molecule has 0 aromatic heterocycles. The Morgan fingerprint density at radius 2 is 1.54 bits per heavy atom. The molecule has 1 aliphatic carbocycles. The smallest absolute Gasteiger partial charge is 0.000728 e. The molecule has 0 spiro atoms. The van der Waals surface area contributed by atoms with E-state index in [2.05, 4.69) is 86.7 Å². The summed E-state index contributed by atoms with van der Waals surface area (Å²) in [7, 11) is 0. The van der Waals surface area contributed by atoms with Crippen LogP contribution in [-0.2, 0) is 12.8 Å². The van der Waals surface area contributed by atoms with E-state index >= 15 is 0 Å². The Morgan fingerprint density at radius 3 is 2.38 bits per heavy atom. The Morgan fingerprint density at radius 1 is 0.833 bits per heavy atom.